The Balaban J connectivity index is 1.69. The molecule has 162 valence electrons. The van der Waals surface area contributed by atoms with Gasteiger partial charge in [-0.25, -0.2) is 13.4 Å². The largest absolute Gasteiger partial charge is 0.450 e. The molecule has 4 rings (SSSR count). The maximum Gasteiger partial charge on any atom is 0.335 e. The number of nitro groups is 1. The molecule has 0 bridgehead atoms. The van der Waals surface area contributed by atoms with E-state index in [1.165, 1.54) is 18.2 Å². The lowest BCUT2D eigenvalue weighted by atomic mass is 10.1. The van der Waals surface area contributed by atoms with E-state index in [9.17, 15) is 18.5 Å². The summed E-state index contributed by atoms with van der Waals surface area (Å²) in [6.07, 6.45) is 3.07. The fourth-order valence-electron chi connectivity index (χ4n) is 3.47. The van der Waals surface area contributed by atoms with Gasteiger partial charge in [0.2, 0.25) is 15.8 Å². The van der Waals surface area contributed by atoms with Gasteiger partial charge in [0.15, 0.2) is 0 Å². The quantitative estimate of drug-likeness (QED) is 0.514. The lowest BCUT2D eigenvalue weighted by molar-refractivity contribution is -0.384. The Labute approximate surface area is 179 Å². The SMILES string of the molecule is CCCS(=O)(=O)Nc1cccc(Oc2ccc3c(c2)C2=NCCCN2C=N3)c1[N+](=O)[O-]. The topological polar surface area (TPSA) is 126 Å². The molecule has 31 heavy (non-hydrogen) atoms. The van der Waals surface area contributed by atoms with Gasteiger partial charge in [0, 0.05) is 18.7 Å². The van der Waals surface area contributed by atoms with Crippen molar-refractivity contribution < 1.29 is 18.1 Å². The molecule has 0 fully saturated rings. The number of benzene rings is 2. The van der Waals surface area contributed by atoms with Gasteiger partial charge in [0.05, 0.1) is 22.7 Å². The highest BCUT2D eigenvalue weighted by Crippen LogP contribution is 2.39. The number of hydrogen-bond acceptors (Lipinski definition) is 8. The maximum absolute atomic E-state index is 12.1. The van der Waals surface area contributed by atoms with E-state index in [1.54, 1.807) is 31.5 Å². The number of fused-ring (bicyclic) bond motifs is 3. The van der Waals surface area contributed by atoms with E-state index in [1.807, 2.05) is 4.90 Å². The van der Waals surface area contributed by atoms with E-state index in [0.717, 1.165) is 36.6 Å². The van der Waals surface area contributed by atoms with Crippen molar-refractivity contribution in [2.24, 2.45) is 9.98 Å². The monoisotopic (exact) mass is 443 g/mol. The second kappa shape index (κ2) is 8.34. The van der Waals surface area contributed by atoms with Gasteiger partial charge in [-0.1, -0.05) is 13.0 Å². The van der Waals surface area contributed by atoms with Crippen molar-refractivity contribution in [2.75, 3.05) is 23.6 Å². The van der Waals surface area contributed by atoms with Crippen molar-refractivity contribution in [1.29, 1.82) is 0 Å². The lowest BCUT2D eigenvalue weighted by Gasteiger charge is -2.29. The molecule has 2 aromatic carbocycles. The number of nitrogens with zero attached hydrogens (tertiary/aromatic N) is 4. The zero-order chi connectivity index (χ0) is 22.0. The number of rotatable bonds is 7. The number of nitro benzene ring substituents is 1. The van der Waals surface area contributed by atoms with E-state index in [-0.39, 0.29) is 17.2 Å². The van der Waals surface area contributed by atoms with Crippen LogP contribution >= 0.6 is 0 Å². The molecule has 2 aliphatic rings. The molecule has 0 unspecified atom stereocenters. The van der Waals surface area contributed by atoms with Gasteiger partial charge >= 0.3 is 5.69 Å². The summed E-state index contributed by atoms with van der Waals surface area (Å²) in [5.74, 6) is 0.945. The standard InChI is InChI=1S/C20H21N5O5S/c1-2-11-31(28,29)23-17-5-3-6-18(19(17)25(26)27)30-14-7-8-16-15(12-14)20-21-9-4-10-24(20)13-22-16/h3,5-8,12-13,23H,2,4,9-11H2,1H3. The summed E-state index contributed by atoms with van der Waals surface area (Å²) < 4.78 is 32.4. The minimum Gasteiger partial charge on any atom is -0.450 e. The molecule has 0 atom stereocenters. The Kier molecular flexibility index (Phi) is 5.59. The van der Waals surface area contributed by atoms with Crippen LogP contribution in [0.3, 0.4) is 0 Å². The van der Waals surface area contributed by atoms with Gasteiger partial charge in [-0.3, -0.25) is 19.8 Å². The second-order valence-corrected chi connectivity index (χ2v) is 8.95. The first-order valence-corrected chi connectivity index (χ1v) is 11.5. The van der Waals surface area contributed by atoms with Crippen molar-refractivity contribution in [3.63, 3.8) is 0 Å². The molecular weight excluding hydrogens is 422 g/mol. The molecule has 0 aromatic heterocycles. The summed E-state index contributed by atoms with van der Waals surface area (Å²) in [6, 6.07) is 9.43. The summed E-state index contributed by atoms with van der Waals surface area (Å²) in [7, 11) is -3.70. The third-order valence-electron chi connectivity index (χ3n) is 4.78. The normalized spacial score (nSPS) is 15.0. The Bertz CT molecular complexity index is 1190. The van der Waals surface area contributed by atoms with Gasteiger partial charge < -0.3 is 9.64 Å². The van der Waals surface area contributed by atoms with Crippen molar-refractivity contribution in [3.8, 4) is 11.5 Å². The Morgan fingerprint density at radius 1 is 1.29 bits per heavy atom. The Morgan fingerprint density at radius 3 is 2.90 bits per heavy atom. The molecule has 11 heteroatoms. The van der Waals surface area contributed by atoms with E-state index in [2.05, 4.69) is 14.7 Å². The number of amidine groups is 1. The van der Waals surface area contributed by atoms with Crippen LogP contribution in [-0.2, 0) is 10.0 Å². The summed E-state index contributed by atoms with van der Waals surface area (Å²) >= 11 is 0. The van der Waals surface area contributed by atoms with Crippen LogP contribution < -0.4 is 9.46 Å². The fourth-order valence-corrected chi connectivity index (χ4v) is 4.61. The number of hydrogen-bond donors (Lipinski definition) is 1. The highest BCUT2D eigenvalue weighted by Gasteiger charge is 2.26. The minimum atomic E-state index is -3.70. The Morgan fingerprint density at radius 2 is 2.13 bits per heavy atom. The zero-order valence-electron chi connectivity index (χ0n) is 16.8. The van der Waals surface area contributed by atoms with Crippen molar-refractivity contribution in [3.05, 3.63) is 52.1 Å². The number of sulfonamides is 1. The molecule has 1 N–H and O–H groups in total. The number of aliphatic imine (C=N–C) groups is 2. The molecule has 0 radical (unpaired) electrons. The number of para-hydroxylation sites is 1. The lowest BCUT2D eigenvalue weighted by Crippen LogP contribution is -2.36. The van der Waals surface area contributed by atoms with E-state index >= 15 is 0 Å². The van der Waals surface area contributed by atoms with Crippen molar-refractivity contribution in [1.82, 2.24) is 4.90 Å². The van der Waals surface area contributed by atoms with Gasteiger partial charge in [0.1, 0.15) is 17.3 Å². The van der Waals surface area contributed by atoms with E-state index in [0.29, 0.717) is 12.2 Å². The van der Waals surface area contributed by atoms with E-state index < -0.39 is 20.6 Å². The van der Waals surface area contributed by atoms with Crippen LogP contribution in [0.5, 0.6) is 11.5 Å². The van der Waals surface area contributed by atoms with Crippen LogP contribution in [0.15, 0.2) is 46.4 Å². The summed E-state index contributed by atoms with van der Waals surface area (Å²) in [6.45, 7) is 3.25. The van der Waals surface area contributed by atoms with Gasteiger partial charge in [-0.15, -0.1) is 0 Å². The van der Waals surface area contributed by atoms with Crippen LogP contribution in [0, 0.1) is 10.1 Å². The third kappa shape index (κ3) is 4.36. The number of anilines is 1. The van der Waals surface area contributed by atoms with Crippen LogP contribution in [0.4, 0.5) is 17.1 Å². The predicted octanol–water partition coefficient (Wildman–Crippen LogP) is 3.66. The molecular formula is C20H21N5O5S. The highest BCUT2D eigenvalue weighted by atomic mass is 32.2. The van der Waals surface area contributed by atoms with Crippen LogP contribution in [0.25, 0.3) is 0 Å². The van der Waals surface area contributed by atoms with Crippen LogP contribution in [0.2, 0.25) is 0 Å². The fraction of sp³-hybridized carbons (Fsp3) is 0.300. The van der Waals surface area contributed by atoms with Crippen molar-refractivity contribution in [2.45, 2.75) is 19.8 Å². The first kappa shape index (κ1) is 20.8. The summed E-state index contributed by atoms with van der Waals surface area (Å²) in [5, 5.41) is 11.7. The second-order valence-electron chi connectivity index (χ2n) is 7.11. The minimum absolute atomic E-state index is 0.0663. The molecule has 0 aliphatic carbocycles. The van der Waals surface area contributed by atoms with Gasteiger partial charge in [0.25, 0.3) is 0 Å². The van der Waals surface area contributed by atoms with Crippen molar-refractivity contribution >= 4 is 39.3 Å². The summed E-state index contributed by atoms with van der Waals surface area (Å²) in [4.78, 5) is 22.0. The zero-order valence-corrected chi connectivity index (χ0v) is 17.6. The molecule has 0 spiro atoms. The smallest absolute Gasteiger partial charge is 0.335 e. The van der Waals surface area contributed by atoms with E-state index in [4.69, 9.17) is 4.74 Å². The Hall–Kier alpha value is -3.47. The molecule has 2 aliphatic heterocycles. The predicted molar refractivity (Wildman–Crippen MR) is 118 cm³/mol. The van der Waals surface area contributed by atoms with Gasteiger partial charge in [-0.05, 0) is 43.2 Å². The third-order valence-corrected chi connectivity index (χ3v) is 6.26. The molecule has 0 saturated heterocycles. The average molecular weight is 443 g/mol. The van der Waals surface area contributed by atoms with Gasteiger partial charge in [-0.2, -0.15) is 0 Å². The average Bonchev–Trinajstić information content (AvgIpc) is 2.73. The number of ether oxygens (including phenoxy) is 1. The molecule has 0 amide bonds. The first-order valence-electron chi connectivity index (χ1n) is 9.83. The maximum atomic E-state index is 12.1. The molecule has 10 nitrogen and oxygen atoms in total. The van der Waals surface area contributed by atoms with Crippen LogP contribution in [0.1, 0.15) is 25.3 Å². The molecule has 2 aromatic rings. The molecule has 2 heterocycles. The first-order chi connectivity index (χ1) is 14.9. The highest BCUT2D eigenvalue weighted by molar-refractivity contribution is 7.92. The number of nitrogens with one attached hydrogen (secondary N) is 1. The summed E-state index contributed by atoms with van der Waals surface area (Å²) in [5.41, 5.74) is 0.929. The molecule has 0 saturated carbocycles. The van der Waals surface area contributed by atoms with Crippen LogP contribution in [-0.4, -0.2) is 49.3 Å².